The molecule has 0 bridgehead atoms. The van der Waals surface area contributed by atoms with Crippen molar-refractivity contribution >= 4 is 5.91 Å². The Balaban J connectivity index is 2.61. The Kier molecular flexibility index (Phi) is 5.35. The Morgan fingerprint density at radius 2 is 1.89 bits per heavy atom. The number of hydrogen-bond donors (Lipinski definition) is 2. The topological polar surface area (TPSA) is 59.7 Å². The van der Waals surface area contributed by atoms with Gasteiger partial charge in [0.2, 0.25) is 0 Å². The lowest BCUT2D eigenvalue weighted by atomic mass is 10.1. The molecule has 0 aliphatic rings. The summed E-state index contributed by atoms with van der Waals surface area (Å²) in [6, 6.07) is 8.28. The maximum atomic E-state index is 12.2. The summed E-state index contributed by atoms with van der Waals surface area (Å²) in [7, 11) is 0. The zero-order valence-corrected chi connectivity index (χ0v) is 10.7. The molecule has 0 heterocycles. The Hall–Kier alpha value is -1.56. The van der Waals surface area contributed by atoms with E-state index in [4.69, 9.17) is 5.73 Å². The van der Waals surface area contributed by atoms with Crippen molar-refractivity contribution in [2.24, 2.45) is 5.73 Å². The molecule has 6 heteroatoms. The highest BCUT2D eigenvalue weighted by molar-refractivity contribution is 5.78. The Bertz CT molecular complexity index is 406. The van der Waals surface area contributed by atoms with Gasteiger partial charge < -0.3 is 11.1 Å². The lowest BCUT2D eigenvalue weighted by molar-refractivity contribution is -0.713. The van der Waals surface area contributed by atoms with Crippen molar-refractivity contribution in [2.45, 2.75) is 38.0 Å². The van der Waals surface area contributed by atoms with E-state index < -0.39 is 24.5 Å². The smallest absolute Gasteiger partial charge is 0.365 e. The number of rotatable bonds is 6. The average molecular weight is 275 g/mol. The van der Waals surface area contributed by atoms with E-state index in [2.05, 4.69) is 0 Å². The molecule has 0 radical (unpaired) electrons. The highest BCUT2D eigenvalue weighted by Gasteiger charge is 2.32. The number of carbonyl (C=O) groups is 1. The van der Waals surface area contributed by atoms with Crippen LogP contribution in [0.2, 0.25) is 0 Å². The first-order chi connectivity index (χ1) is 8.79. The van der Waals surface area contributed by atoms with Crippen LogP contribution in [0.15, 0.2) is 30.3 Å². The SMILES string of the molecule is C[C@@H]([NH2+][C@H](CCC(F)(F)F)C(N)=O)c1ccccc1. The maximum Gasteiger partial charge on any atom is 0.389 e. The van der Waals surface area contributed by atoms with Gasteiger partial charge in [0, 0.05) is 18.4 Å². The second-order valence-corrected chi connectivity index (χ2v) is 4.55. The summed E-state index contributed by atoms with van der Waals surface area (Å²) < 4.78 is 36.5. The van der Waals surface area contributed by atoms with Crippen LogP contribution in [0.1, 0.15) is 31.4 Å². The van der Waals surface area contributed by atoms with Gasteiger partial charge in [0.05, 0.1) is 0 Å². The largest absolute Gasteiger partial charge is 0.389 e. The molecule has 4 N–H and O–H groups in total. The molecule has 0 spiro atoms. The maximum absolute atomic E-state index is 12.2. The molecule has 3 nitrogen and oxygen atoms in total. The van der Waals surface area contributed by atoms with Crippen molar-refractivity contribution in [1.29, 1.82) is 0 Å². The molecule has 1 amide bonds. The van der Waals surface area contributed by atoms with E-state index in [1.165, 1.54) is 0 Å². The lowest BCUT2D eigenvalue weighted by Gasteiger charge is -2.18. The van der Waals surface area contributed by atoms with Crippen molar-refractivity contribution in [3.05, 3.63) is 35.9 Å². The van der Waals surface area contributed by atoms with Crippen LogP contribution in [0.25, 0.3) is 0 Å². The van der Waals surface area contributed by atoms with Crippen LogP contribution >= 0.6 is 0 Å². The minimum Gasteiger partial charge on any atom is -0.365 e. The van der Waals surface area contributed by atoms with Crippen LogP contribution in [0.3, 0.4) is 0 Å². The van der Waals surface area contributed by atoms with Crippen molar-refractivity contribution in [2.75, 3.05) is 0 Å². The first-order valence-corrected chi connectivity index (χ1v) is 6.05. The first-order valence-electron chi connectivity index (χ1n) is 6.05. The number of amides is 1. The van der Waals surface area contributed by atoms with E-state index in [0.717, 1.165) is 5.56 Å². The average Bonchev–Trinajstić information content (AvgIpc) is 2.33. The molecule has 2 atom stereocenters. The minimum absolute atomic E-state index is 0.119. The second-order valence-electron chi connectivity index (χ2n) is 4.55. The second kappa shape index (κ2) is 6.56. The van der Waals surface area contributed by atoms with Gasteiger partial charge in [0.1, 0.15) is 6.04 Å². The van der Waals surface area contributed by atoms with Gasteiger partial charge in [-0.15, -0.1) is 0 Å². The number of benzene rings is 1. The van der Waals surface area contributed by atoms with E-state index in [0.29, 0.717) is 0 Å². The van der Waals surface area contributed by atoms with E-state index in [1.807, 2.05) is 37.3 Å². The summed E-state index contributed by atoms with van der Waals surface area (Å²) in [6.45, 7) is 1.83. The number of halogens is 3. The van der Waals surface area contributed by atoms with E-state index in [1.54, 1.807) is 5.32 Å². The fourth-order valence-corrected chi connectivity index (χ4v) is 1.87. The fraction of sp³-hybridized carbons (Fsp3) is 0.462. The molecule has 19 heavy (non-hydrogen) atoms. The summed E-state index contributed by atoms with van der Waals surface area (Å²) in [5, 5.41) is 1.59. The number of alkyl halides is 3. The van der Waals surface area contributed by atoms with Gasteiger partial charge in [-0.05, 0) is 6.92 Å². The quantitative estimate of drug-likeness (QED) is 0.812. The number of quaternary nitrogens is 1. The van der Waals surface area contributed by atoms with E-state index >= 15 is 0 Å². The van der Waals surface area contributed by atoms with Crippen LogP contribution < -0.4 is 11.1 Å². The molecular formula is C13H18F3N2O+. The monoisotopic (exact) mass is 275 g/mol. The summed E-state index contributed by atoms with van der Waals surface area (Å²) >= 11 is 0. The molecule has 0 fully saturated rings. The molecule has 1 aromatic carbocycles. The third-order valence-electron chi connectivity index (χ3n) is 2.95. The lowest BCUT2D eigenvalue weighted by Crippen LogP contribution is -2.92. The third kappa shape index (κ3) is 5.74. The predicted molar refractivity (Wildman–Crippen MR) is 65.1 cm³/mol. The summed E-state index contributed by atoms with van der Waals surface area (Å²) in [5.41, 5.74) is 6.10. The minimum atomic E-state index is -4.27. The van der Waals surface area contributed by atoms with Gasteiger partial charge in [-0.1, -0.05) is 30.3 Å². The number of carbonyl (C=O) groups excluding carboxylic acids is 1. The van der Waals surface area contributed by atoms with Gasteiger partial charge in [-0.25, -0.2) is 0 Å². The Labute approximate surface area is 110 Å². The van der Waals surface area contributed by atoms with Gasteiger partial charge in [-0.2, -0.15) is 13.2 Å². The highest BCUT2D eigenvalue weighted by Crippen LogP contribution is 2.21. The Morgan fingerprint density at radius 3 is 2.37 bits per heavy atom. The molecule has 0 aromatic heterocycles. The summed E-state index contributed by atoms with van der Waals surface area (Å²) in [4.78, 5) is 11.2. The Morgan fingerprint density at radius 1 is 1.32 bits per heavy atom. The molecule has 0 saturated carbocycles. The zero-order chi connectivity index (χ0) is 14.5. The van der Waals surface area contributed by atoms with Crippen molar-refractivity contribution in [1.82, 2.24) is 0 Å². The first kappa shape index (κ1) is 15.5. The number of primary amides is 1. The fourth-order valence-electron chi connectivity index (χ4n) is 1.87. The van der Waals surface area contributed by atoms with Crippen molar-refractivity contribution in [3.63, 3.8) is 0 Å². The van der Waals surface area contributed by atoms with Crippen LogP contribution in [0.5, 0.6) is 0 Å². The van der Waals surface area contributed by atoms with Crippen LogP contribution in [-0.4, -0.2) is 18.1 Å². The van der Waals surface area contributed by atoms with Gasteiger partial charge in [0.25, 0.3) is 5.91 Å². The van der Waals surface area contributed by atoms with Gasteiger partial charge >= 0.3 is 6.18 Å². The number of hydrogen-bond acceptors (Lipinski definition) is 1. The van der Waals surface area contributed by atoms with Crippen molar-refractivity contribution < 1.29 is 23.3 Å². The standard InChI is InChI=1S/C13H17F3N2O/c1-9(10-5-3-2-4-6-10)18-11(12(17)19)7-8-13(14,15)16/h2-6,9,11,18H,7-8H2,1H3,(H2,17,19)/p+1/t9-,11-/m1/s1. The molecule has 1 rings (SSSR count). The molecule has 0 aliphatic heterocycles. The molecule has 1 aromatic rings. The third-order valence-corrected chi connectivity index (χ3v) is 2.95. The zero-order valence-electron chi connectivity index (χ0n) is 10.7. The summed E-state index contributed by atoms with van der Waals surface area (Å²) in [5.74, 6) is -0.716. The van der Waals surface area contributed by atoms with E-state index in [-0.39, 0.29) is 12.5 Å². The summed E-state index contributed by atoms with van der Waals surface area (Å²) in [6.07, 6.45) is -5.56. The van der Waals surface area contributed by atoms with Crippen LogP contribution in [0, 0.1) is 0 Å². The highest BCUT2D eigenvalue weighted by atomic mass is 19.4. The van der Waals surface area contributed by atoms with Crippen LogP contribution in [-0.2, 0) is 4.79 Å². The molecule has 0 unspecified atom stereocenters. The van der Waals surface area contributed by atoms with Crippen LogP contribution in [0.4, 0.5) is 13.2 Å². The van der Waals surface area contributed by atoms with Gasteiger partial charge in [0.15, 0.2) is 6.04 Å². The van der Waals surface area contributed by atoms with Crippen molar-refractivity contribution in [3.8, 4) is 0 Å². The predicted octanol–water partition coefficient (Wildman–Crippen LogP) is 1.51. The molecule has 0 aliphatic carbocycles. The normalized spacial score (nSPS) is 14.9. The molecule has 0 saturated heterocycles. The molecular weight excluding hydrogens is 257 g/mol. The van der Waals surface area contributed by atoms with Gasteiger partial charge in [-0.3, -0.25) is 4.79 Å². The van der Waals surface area contributed by atoms with E-state index in [9.17, 15) is 18.0 Å². The molecule has 106 valence electrons. The number of nitrogens with two attached hydrogens (primary N) is 2.